The fourth-order valence-electron chi connectivity index (χ4n) is 3.01. The second kappa shape index (κ2) is 7.90. The number of nitrogens with zero attached hydrogens (tertiary/aromatic N) is 4. The Morgan fingerprint density at radius 1 is 1.31 bits per heavy atom. The Morgan fingerprint density at radius 3 is 2.62 bits per heavy atom. The second-order valence-electron chi connectivity index (χ2n) is 6.75. The van der Waals surface area contributed by atoms with Crippen LogP contribution in [-0.2, 0) is 9.53 Å². The molecule has 1 amide bonds. The highest BCUT2D eigenvalue weighted by Gasteiger charge is 2.46. The Hall–Kier alpha value is -2.82. The zero-order valence-corrected chi connectivity index (χ0v) is 15.9. The van der Waals surface area contributed by atoms with E-state index in [1.54, 1.807) is 19.9 Å². The van der Waals surface area contributed by atoms with Gasteiger partial charge in [0.15, 0.2) is 0 Å². The third kappa shape index (κ3) is 4.97. The van der Waals surface area contributed by atoms with E-state index in [9.17, 15) is 22.4 Å². The first-order valence-electron chi connectivity index (χ1n) is 8.82. The zero-order valence-electron chi connectivity index (χ0n) is 15.9. The summed E-state index contributed by atoms with van der Waals surface area (Å²) < 4.78 is 54.1. The van der Waals surface area contributed by atoms with Crippen molar-refractivity contribution in [3.8, 4) is 11.4 Å². The van der Waals surface area contributed by atoms with E-state index in [1.807, 2.05) is 0 Å². The molecule has 3 rings (SSSR count). The van der Waals surface area contributed by atoms with Crippen LogP contribution in [0, 0.1) is 12.7 Å². The van der Waals surface area contributed by atoms with Crippen LogP contribution in [0.3, 0.4) is 0 Å². The van der Waals surface area contributed by atoms with Crippen molar-refractivity contribution in [2.24, 2.45) is 0 Å². The molecule has 156 valence electrons. The Kier molecular flexibility index (Phi) is 5.69. The third-order valence-electron chi connectivity index (χ3n) is 4.54. The number of carbonyl (C=O) groups excluding carboxylic acids is 1. The van der Waals surface area contributed by atoms with Crippen molar-refractivity contribution < 1.29 is 27.1 Å². The van der Waals surface area contributed by atoms with E-state index in [4.69, 9.17) is 0 Å². The van der Waals surface area contributed by atoms with Gasteiger partial charge in [0.1, 0.15) is 29.6 Å². The number of carbonyl (C=O) groups is 1. The molecule has 2 aromatic heterocycles. The summed E-state index contributed by atoms with van der Waals surface area (Å²) >= 11 is 0. The molecule has 1 saturated heterocycles. The van der Waals surface area contributed by atoms with Gasteiger partial charge in [0.05, 0.1) is 23.6 Å². The molecular formula is C18H19F4N5O2. The molecule has 0 radical (unpaired) electrons. The summed E-state index contributed by atoms with van der Waals surface area (Å²) in [6.07, 6.45) is -4.75. The Labute approximate surface area is 164 Å². The molecule has 1 aliphatic heterocycles. The SMILES string of the molecule is Cc1nc(N[C@H](C)C(=O)N2C[C@H](OC(F)(F)F)[C@@H]2C)cc(-c2ccc(F)cn2)n1. The second-order valence-corrected chi connectivity index (χ2v) is 6.75. The van der Waals surface area contributed by atoms with Gasteiger partial charge in [-0.05, 0) is 32.9 Å². The smallest absolute Gasteiger partial charge is 0.358 e. The Bertz CT molecular complexity index is 891. The number of alkyl halides is 3. The summed E-state index contributed by atoms with van der Waals surface area (Å²) in [5, 5.41) is 2.93. The number of amides is 1. The number of pyridine rings is 1. The van der Waals surface area contributed by atoms with Crippen molar-refractivity contribution in [2.75, 3.05) is 11.9 Å². The van der Waals surface area contributed by atoms with Crippen molar-refractivity contribution in [3.63, 3.8) is 0 Å². The van der Waals surface area contributed by atoms with Gasteiger partial charge in [-0.1, -0.05) is 0 Å². The molecule has 0 bridgehead atoms. The molecule has 0 unspecified atom stereocenters. The highest BCUT2D eigenvalue weighted by atomic mass is 19.4. The highest BCUT2D eigenvalue weighted by Crippen LogP contribution is 2.29. The first-order chi connectivity index (χ1) is 13.5. The molecule has 1 N–H and O–H groups in total. The lowest BCUT2D eigenvalue weighted by Crippen LogP contribution is -2.64. The predicted octanol–water partition coefficient (Wildman–Crippen LogP) is 2.92. The number of anilines is 1. The number of likely N-dealkylation sites (tertiary alicyclic amines) is 1. The van der Waals surface area contributed by atoms with Gasteiger partial charge in [0.25, 0.3) is 0 Å². The van der Waals surface area contributed by atoms with E-state index in [0.717, 1.165) is 6.20 Å². The molecule has 29 heavy (non-hydrogen) atoms. The van der Waals surface area contributed by atoms with Crippen LogP contribution >= 0.6 is 0 Å². The molecule has 0 aromatic carbocycles. The van der Waals surface area contributed by atoms with Crippen LogP contribution in [0.5, 0.6) is 0 Å². The number of aromatic nitrogens is 3. The fraction of sp³-hybridized carbons (Fsp3) is 0.444. The summed E-state index contributed by atoms with van der Waals surface area (Å²) in [5.41, 5.74) is 0.873. The third-order valence-corrected chi connectivity index (χ3v) is 4.54. The highest BCUT2D eigenvalue weighted by molar-refractivity contribution is 5.85. The van der Waals surface area contributed by atoms with E-state index in [-0.39, 0.29) is 12.5 Å². The van der Waals surface area contributed by atoms with Crippen molar-refractivity contribution in [1.29, 1.82) is 0 Å². The Morgan fingerprint density at radius 2 is 2.03 bits per heavy atom. The number of ether oxygens (including phenoxy) is 1. The number of aryl methyl sites for hydroxylation is 1. The first kappa shape index (κ1) is 20.9. The maximum Gasteiger partial charge on any atom is 0.522 e. The molecule has 0 spiro atoms. The van der Waals surface area contributed by atoms with Crippen LogP contribution in [0.25, 0.3) is 11.4 Å². The van der Waals surface area contributed by atoms with E-state index in [2.05, 4.69) is 25.0 Å². The van der Waals surface area contributed by atoms with E-state index < -0.39 is 30.4 Å². The molecule has 3 atom stereocenters. The number of halogens is 4. The minimum atomic E-state index is -4.73. The molecule has 2 aromatic rings. The van der Waals surface area contributed by atoms with Gasteiger partial charge in [-0.25, -0.2) is 14.4 Å². The largest absolute Gasteiger partial charge is 0.522 e. The van der Waals surface area contributed by atoms with Crippen LogP contribution < -0.4 is 5.32 Å². The molecule has 0 aliphatic carbocycles. The molecule has 11 heteroatoms. The monoisotopic (exact) mass is 413 g/mol. The average molecular weight is 413 g/mol. The predicted molar refractivity (Wildman–Crippen MR) is 95.1 cm³/mol. The van der Waals surface area contributed by atoms with Gasteiger partial charge in [0.2, 0.25) is 5.91 Å². The lowest BCUT2D eigenvalue weighted by molar-refractivity contribution is -0.359. The van der Waals surface area contributed by atoms with E-state index >= 15 is 0 Å². The lowest BCUT2D eigenvalue weighted by atomic mass is 10.00. The summed E-state index contributed by atoms with van der Waals surface area (Å²) in [4.78, 5) is 26.3. The first-order valence-corrected chi connectivity index (χ1v) is 8.82. The fourth-order valence-corrected chi connectivity index (χ4v) is 3.01. The van der Waals surface area contributed by atoms with Gasteiger partial charge in [-0.3, -0.25) is 14.5 Å². The molecule has 0 saturated carbocycles. The molecule has 1 fully saturated rings. The van der Waals surface area contributed by atoms with Crippen molar-refractivity contribution in [2.45, 2.75) is 45.3 Å². The average Bonchev–Trinajstić information content (AvgIpc) is 2.63. The topological polar surface area (TPSA) is 80.2 Å². The van der Waals surface area contributed by atoms with Gasteiger partial charge >= 0.3 is 6.36 Å². The van der Waals surface area contributed by atoms with E-state index in [1.165, 1.54) is 24.0 Å². The Balaban J connectivity index is 1.67. The number of hydrogen-bond acceptors (Lipinski definition) is 6. The van der Waals surface area contributed by atoms with Crippen molar-refractivity contribution >= 4 is 11.7 Å². The van der Waals surface area contributed by atoms with Crippen LogP contribution in [-0.4, -0.2) is 56.9 Å². The summed E-state index contributed by atoms with van der Waals surface area (Å²) in [7, 11) is 0. The standard InChI is InChI=1S/C18H19F4N5O2/c1-9(17(28)27-8-15(10(27)2)29-18(20,21)22)24-16-6-14(25-11(3)26-16)13-5-4-12(19)7-23-13/h4-7,9-10,15H,8H2,1-3H3,(H,24,25,26)/t9-,10+,15+/m1/s1. The number of hydrogen-bond donors (Lipinski definition) is 1. The summed E-state index contributed by atoms with van der Waals surface area (Å²) in [6.45, 7) is 4.60. The maximum absolute atomic E-state index is 13.1. The van der Waals surface area contributed by atoms with Crippen LogP contribution in [0.1, 0.15) is 19.7 Å². The van der Waals surface area contributed by atoms with Crippen molar-refractivity contribution in [1.82, 2.24) is 19.9 Å². The summed E-state index contributed by atoms with van der Waals surface area (Å²) in [6, 6.07) is 2.85. The van der Waals surface area contributed by atoms with Crippen LogP contribution in [0.4, 0.5) is 23.4 Å². The van der Waals surface area contributed by atoms with Gasteiger partial charge in [-0.2, -0.15) is 0 Å². The quantitative estimate of drug-likeness (QED) is 0.760. The molecule has 3 heterocycles. The minimum absolute atomic E-state index is 0.140. The molecular weight excluding hydrogens is 394 g/mol. The van der Waals surface area contributed by atoms with Gasteiger partial charge < -0.3 is 10.2 Å². The maximum atomic E-state index is 13.1. The summed E-state index contributed by atoms with van der Waals surface area (Å²) in [5.74, 6) is -0.103. The lowest BCUT2D eigenvalue weighted by Gasteiger charge is -2.46. The van der Waals surface area contributed by atoms with Gasteiger partial charge in [0, 0.05) is 12.6 Å². The van der Waals surface area contributed by atoms with Crippen molar-refractivity contribution in [3.05, 3.63) is 36.0 Å². The van der Waals surface area contributed by atoms with Crippen LogP contribution in [0.2, 0.25) is 0 Å². The normalized spacial score (nSPS) is 20.2. The van der Waals surface area contributed by atoms with Crippen LogP contribution in [0.15, 0.2) is 24.4 Å². The molecule has 1 aliphatic rings. The zero-order chi connectivity index (χ0) is 21.3. The number of rotatable bonds is 5. The van der Waals surface area contributed by atoms with E-state index in [0.29, 0.717) is 23.0 Å². The van der Waals surface area contributed by atoms with Gasteiger partial charge in [-0.15, -0.1) is 13.2 Å². The molecule has 7 nitrogen and oxygen atoms in total. The number of nitrogens with one attached hydrogen (secondary N) is 1. The minimum Gasteiger partial charge on any atom is -0.358 e.